The molecule has 6 rings (SSSR count). The zero-order valence-corrected chi connectivity index (χ0v) is 32.7. The van der Waals surface area contributed by atoms with E-state index >= 15 is 0 Å². The van der Waals surface area contributed by atoms with Gasteiger partial charge in [0.2, 0.25) is 11.9 Å². The van der Waals surface area contributed by atoms with E-state index in [1.54, 1.807) is 0 Å². The lowest BCUT2D eigenvalue weighted by Crippen LogP contribution is -2.51. The van der Waals surface area contributed by atoms with Crippen LogP contribution in [0.1, 0.15) is 18.2 Å². The highest BCUT2D eigenvalue weighted by Crippen LogP contribution is 2.67. The van der Waals surface area contributed by atoms with E-state index < -0.39 is 78.6 Å². The summed E-state index contributed by atoms with van der Waals surface area (Å²) in [4.78, 5) is 74.2. The topological polar surface area (TPSA) is 365 Å². The molecule has 2 aliphatic rings. The van der Waals surface area contributed by atoms with E-state index in [1.165, 1.54) is 25.1 Å². The number of ether oxygens (including phenoxy) is 3. The van der Waals surface area contributed by atoms with Gasteiger partial charge in [-0.25, -0.2) is 18.7 Å². The van der Waals surface area contributed by atoms with Crippen molar-refractivity contribution in [2.75, 3.05) is 62.6 Å². The Morgan fingerprint density at radius 2 is 1.56 bits per heavy atom. The number of nitrogen functional groups attached to an aromatic ring is 2. The fourth-order valence-electron chi connectivity index (χ4n) is 6.12. The minimum atomic E-state index is -5.84. The second-order valence-corrected chi connectivity index (χ2v) is 17.2. The monoisotopic (exact) mass is 863 g/mol. The molecule has 0 amide bonds. The van der Waals surface area contributed by atoms with Crippen molar-refractivity contribution in [3.8, 4) is 0 Å². The highest BCUT2D eigenvalue weighted by Gasteiger charge is 2.45. The standard InChI is InChI=1S/C28H40N11O15P3/c1-31-20-22(34-27(29)36-24(20)40)33-19-11-38(9-15-6-4-3-5-7-15)10-17(51-19)13-50-56(44,45)54-57(46,47)53-55(42,43)49-12-16-8-18(48-2)26(52-16)39-14-32-21-23(39)35-28(30)37-25(21)41/h3-7,14,16-19,26,31H,8-13H2,1-2H3,(H,42,43)(H,44,45)(H,46,47)(H3,30,35,37,41)(H4,29,33,34,36,40)/t16?,17?,18-,19?,26?/m1/s1. The number of nitrogens with one attached hydrogen (secondary N) is 4. The molecule has 3 aromatic heterocycles. The van der Waals surface area contributed by atoms with Crippen LogP contribution < -0.4 is 33.2 Å². The predicted octanol–water partition coefficient (Wildman–Crippen LogP) is 0.418. The third-order valence-electron chi connectivity index (χ3n) is 8.41. The summed E-state index contributed by atoms with van der Waals surface area (Å²) in [7, 11) is -14.0. The quantitative estimate of drug-likeness (QED) is 0.0649. The minimum Gasteiger partial charge on any atom is -0.381 e. The van der Waals surface area contributed by atoms with Crippen molar-refractivity contribution in [2.24, 2.45) is 0 Å². The third-order valence-corrected chi connectivity index (χ3v) is 12.7. The average molecular weight is 864 g/mol. The third kappa shape index (κ3) is 10.9. The molecule has 0 aliphatic carbocycles. The molecule has 26 nitrogen and oxygen atoms in total. The van der Waals surface area contributed by atoms with Crippen LogP contribution in [0.15, 0.2) is 46.2 Å². The van der Waals surface area contributed by atoms with Crippen molar-refractivity contribution < 1.29 is 60.3 Å². The van der Waals surface area contributed by atoms with E-state index in [9.17, 15) is 38.0 Å². The van der Waals surface area contributed by atoms with Gasteiger partial charge in [0.1, 0.15) is 18.0 Å². The minimum absolute atomic E-state index is 0.0364. The van der Waals surface area contributed by atoms with E-state index in [4.69, 9.17) is 34.7 Å². The summed E-state index contributed by atoms with van der Waals surface area (Å²) in [5, 5.41) is 5.70. The first-order chi connectivity index (χ1) is 26.9. The summed E-state index contributed by atoms with van der Waals surface area (Å²) in [6.07, 6.45) is -3.22. The summed E-state index contributed by atoms with van der Waals surface area (Å²) >= 11 is 0. The highest BCUT2D eigenvalue weighted by molar-refractivity contribution is 7.66. The van der Waals surface area contributed by atoms with E-state index in [1.807, 2.05) is 35.2 Å². The normalized spacial score (nSPS) is 24.8. The number of hydrogen-bond donors (Lipinski definition) is 9. The number of aromatic amines is 2. The molecule has 11 N–H and O–H groups in total. The van der Waals surface area contributed by atoms with Crippen molar-refractivity contribution in [1.82, 2.24) is 34.4 Å². The Labute approximate surface area is 321 Å². The van der Waals surface area contributed by atoms with Gasteiger partial charge >= 0.3 is 23.5 Å². The highest BCUT2D eigenvalue weighted by atomic mass is 31.3. The first-order valence-corrected chi connectivity index (χ1v) is 21.3. The number of benzene rings is 1. The number of hydrogen-bond acceptors (Lipinski definition) is 20. The summed E-state index contributed by atoms with van der Waals surface area (Å²) in [6.45, 7) is -0.652. The van der Waals surface area contributed by atoms with Gasteiger partial charge in [0.05, 0.1) is 31.7 Å². The smallest absolute Gasteiger partial charge is 0.381 e. The lowest BCUT2D eigenvalue weighted by Gasteiger charge is -2.38. The number of methoxy groups -OCH3 is 1. The van der Waals surface area contributed by atoms with Gasteiger partial charge in [-0.1, -0.05) is 30.3 Å². The van der Waals surface area contributed by atoms with Crippen LogP contribution in [0.5, 0.6) is 0 Å². The second-order valence-electron chi connectivity index (χ2n) is 12.6. The van der Waals surface area contributed by atoms with Crippen LogP contribution in [0.3, 0.4) is 0 Å². The Balaban J connectivity index is 1.05. The number of fused-ring (bicyclic) bond motifs is 1. The molecule has 8 atom stereocenters. The molecule has 7 unspecified atom stereocenters. The fourth-order valence-corrected chi connectivity index (χ4v) is 9.68. The fraction of sp³-hybridized carbons (Fsp3) is 0.464. The molecule has 5 heterocycles. The SMILES string of the molecule is CNc1c(NC2CN(Cc3ccccc3)CC(COP(=O)(O)OP(=O)(O)OP(=O)(O)OCC3C[C@@H](OC)C(n4cnc5c(=O)[nH]c(N)nc54)O3)O2)nc(N)[nH]c1=O. The molecule has 2 aliphatic heterocycles. The Kier molecular flexibility index (Phi) is 13.0. The number of morpholine rings is 1. The largest absolute Gasteiger partial charge is 0.490 e. The van der Waals surface area contributed by atoms with Crippen molar-refractivity contribution >= 4 is 58.0 Å². The van der Waals surface area contributed by atoms with Crippen LogP contribution in [0, 0.1) is 0 Å². The molecule has 29 heteroatoms. The van der Waals surface area contributed by atoms with Crippen molar-refractivity contribution in [3.63, 3.8) is 0 Å². The molecule has 312 valence electrons. The summed E-state index contributed by atoms with van der Waals surface area (Å²) in [5.74, 6) is -0.299. The lowest BCUT2D eigenvalue weighted by molar-refractivity contribution is -0.0923. The van der Waals surface area contributed by atoms with E-state index in [0.717, 1.165) is 5.56 Å². The molecule has 4 aromatic rings. The first-order valence-electron chi connectivity index (χ1n) is 16.8. The predicted molar refractivity (Wildman–Crippen MR) is 198 cm³/mol. The van der Waals surface area contributed by atoms with Gasteiger partial charge in [0, 0.05) is 40.2 Å². The number of aromatic nitrogens is 6. The van der Waals surface area contributed by atoms with E-state index in [-0.39, 0.29) is 54.1 Å². The van der Waals surface area contributed by atoms with Gasteiger partial charge in [-0.3, -0.25) is 38.1 Å². The average Bonchev–Trinajstić information content (AvgIpc) is 3.73. The number of nitrogens with two attached hydrogens (primary N) is 2. The van der Waals surface area contributed by atoms with E-state index in [0.29, 0.717) is 6.54 Å². The molecule has 2 saturated heterocycles. The molecule has 0 radical (unpaired) electrons. The molecule has 0 saturated carbocycles. The molecular weight excluding hydrogens is 823 g/mol. The second kappa shape index (κ2) is 17.4. The molecule has 0 spiro atoms. The maximum Gasteiger partial charge on any atom is 0.490 e. The number of H-pyrrole nitrogens is 2. The molecule has 1 aromatic carbocycles. The van der Waals surface area contributed by atoms with Gasteiger partial charge in [-0.2, -0.15) is 18.6 Å². The maximum atomic E-state index is 12.8. The van der Waals surface area contributed by atoms with Crippen LogP contribution in [-0.2, 0) is 52.1 Å². The van der Waals surface area contributed by atoms with Crippen molar-refractivity contribution in [1.29, 1.82) is 0 Å². The maximum absolute atomic E-state index is 12.8. The van der Waals surface area contributed by atoms with E-state index in [2.05, 4.69) is 44.2 Å². The summed E-state index contributed by atoms with van der Waals surface area (Å²) in [5.41, 5.74) is 11.2. The van der Waals surface area contributed by atoms with Crippen LogP contribution >= 0.6 is 23.5 Å². The van der Waals surface area contributed by atoms with Gasteiger partial charge in [0.25, 0.3) is 11.1 Å². The number of phosphoric ester groups is 2. The molecule has 57 heavy (non-hydrogen) atoms. The number of imidazole rings is 1. The van der Waals surface area contributed by atoms with Gasteiger partial charge in [-0.15, -0.1) is 0 Å². The van der Waals surface area contributed by atoms with Crippen LogP contribution in [0.2, 0.25) is 0 Å². The Morgan fingerprint density at radius 1 is 0.912 bits per heavy atom. The molecular formula is C28H40N11O15P3. The summed E-state index contributed by atoms with van der Waals surface area (Å²) in [6, 6.07) is 9.31. The first kappa shape index (κ1) is 42.5. The zero-order valence-electron chi connectivity index (χ0n) is 30.1. The number of phosphoric acid groups is 3. The summed E-state index contributed by atoms with van der Waals surface area (Å²) < 4.78 is 75.3. The zero-order chi connectivity index (χ0) is 41.1. The van der Waals surface area contributed by atoms with Crippen LogP contribution in [-0.4, -0.2) is 114 Å². The van der Waals surface area contributed by atoms with Crippen LogP contribution in [0.25, 0.3) is 11.2 Å². The van der Waals surface area contributed by atoms with Crippen LogP contribution in [0.4, 0.5) is 23.4 Å². The molecule has 0 bridgehead atoms. The van der Waals surface area contributed by atoms with Crippen molar-refractivity contribution in [2.45, 2.75) is 43.7 Å². The van der Waals surface area contributed by atoms with Gasteiger partial charge in [-0.05, 0) is 5.56 Å². The Bertz CT molecular complexity index is 2310. The van der Waals surface area contributed by atoms with Gasteiger partial charge in [0.15, 0.2) is 23.2 Å². The number of rotatable bonds is 17. The Hall–Kier alpha value is -4.10. The number of anilines is 4. The van der Waals surface area contributed by atoms with Gasteiger partial charge < -0.3 is 51.0 Å². The number of nitrogens with zero attached hydrogens (tertiary/aromatic N) is 5. The molecule has 2 fully saturated rings. The Morgan fingerprint density at radius 3 is 2.23 bits per heavy atom. The van der Waals surface area contributed by atoms with Crippen molar-refractivity contribution in [3.05, 3.63) is 62.9 Å². The lowest BCUT2D eigenvalue weighted by atomic mass is 10.2.